The lowest BCUT2D eigenvalue weighted by Crippen LogP contribution is -2.49. The molecule has 1 aromatic rings. The van der Waals surface area contributed by atoms with Gasteiger partial charge >= 0.3 is 0 Å². The van der Waals surface area contributed by atoms with Crippen molar-refractivity contribution in [1.82, 2.24) is 0 Å². The van der Waals surface area contributed by atoms with Crippen molar-refractivity contribution in [2.24, 2.45) is 5.92 Å². The van der Waals surface area contributed by atoms with Crippen molar-refractivity contribution in [2.75, 3.05) is 0 Å². The van der Waals surface area contributed by atoms with Gasteiger partial charge in [-0.3, -0.25) is 0 Å². The fourth-order valence-electron chi connectivity index (χ4n) is 3.27. The molecule has 1 heteroatoms. The van der Waals surface area contributed by atoms with Gasteiger partial charge in [0.25, 0.3) is 0 Å². The molecule has 0 heterocycles. The van der Waals surface area contributed by atoms with Gasteiger partial charge in [0.2, 0.25) is 0 Å². The Balaban J connectivity index is 2.26. The van der Waals surface area contributed by atoms with Crippen LogP contribution < -0.4 is 0 Å². The minimum atomic E-state index is -0.173. The van der Waals surface area contributed by atoms with Crippen molar-refractivity contribution >= 4 is 0 Å². The highest BCUT2D eigenvalue weighted by Crippen LogP contribution is 2.49. The number of aliphatic hydroxyl groups is 1. The summed E-state index contributed by atoms with van der Waals surface area (Å²) in [5, 5.41) is 10.7. The van der Waals surface area contributed by atoms with Crippen LogP contribution in [0.1, 0.15) is 51.5 Å². The van der Waals surface area contributed by atoms with Gasteiger partial charge in [0.15, 0.2) is 0 Å². The van der Waals surface area contributed by atoms with Crippen LogP contribution in [0.5, 0.6) is 0 Å². The maximum atomic E-state index is 10.7. The first-order chi connectivity index (χ1) is 8.24. The van der Waals surface area contributed by atoms with Crippen LogP contribution in [0.2, 0.25) is 0 Å². The summed E-state index contributed by atoms with van der Waals surface area (Å²) in [7, 11) is 0. The Labute approximate surface area is 105 Å². The van der Waals surface area contributed by atoms with E-state index in [1.54, 1.807) is 0 Å². The first kappa shape index (κ1) is 12.6. The Morgan fingerprint density at radius 3 is 2.12 bits per heavy atom. The van der Waals surface area contributed by atoms with E-state index in [4.69, 9.17) is 0 Å². The van der Waals surface area contributed by atoms with Crippen LogP contribution >= 0.6 is 0 Å². The highest BCUT2D eigenvalue weighted by atomic mass is 16.3. The molecule has 1 fully saturated rings. The number of rotatable bonds is 5. The maximum Gasteiger partial charge on any atom is 0.0664 e. The van der Waals surface area contributed by atoms with Gasteiger partial charge in [-0.2, -0.15) is 0 Å². The Hall–Kier alpha value is -0.820. The Bertz CT molecular complexity index is 336. The van der Waals surface area contributed by atoms with E-state index in [9.17, 15) is 5.11 Å². The maximum absolute atomic E-state index is 10.7. The molecule has 0 radical (unpaired) electrons. The molecule has 0 aliphatic heterocycles. The lowest BCUT2D eigenvalue weighted by Gasteiger charge is -2.48. The van der Waals surface area contributed by atoms with Crippen molar-refractivity contribution in [3.05, 3.63) is 35.9 Å². The number of hydrogen-bond acceptors (Lipinski definition) is 1. The topological polar surface area (TPSA) is 20.2 Å². The highest BCUT2D eigenvalue weighted by molar-refractivity contribution is 5.30. The molecule has 1 saturated carbocycles. The molecule has 1 N–H and O–H groups in total. The Kier molecular flexibility index (Phi) is 3.88. The van der Waals surface area contributed by atoms with E-state index in [0.717, 1.165) is 25.7 Å². The molecule has 0 spiro atoms. The average molecular weight is 232 g/mol. The van der Waals surface area contributed by atoms with Gasteiger partial charge in [0.1, 0.15) is 0 Å². The normalized spacial score (nSPS) is 20.0. The van der Waals surface area contributed by atoms with Crippen LogP contribution in [0.3, 0.4) is 0 Å². The molecule has 1 atom stereocenters. The van der Waals surface area contributed by atoms with Crippen LogP contribution in [0.25, 0.3) is 0 Å². The van der Waals surface area contributed by atoms with Crippen LogP contribution in [-0.2, 0) is 5.41 Å². The van der Waals surface area contributed by atoms with E-state index in [-0.39, 0.29) is 11.5 Å². The predicted octanol–water partition coefficient (Wildman–Crippen LogP) is 3.91. The van der Waals surface area contributed by atoms with Gasteiger partial charge in [-0.05, 0) is 24.3 Å². The van der Waals surface area contributed by atoms with Crippen LogP contribution in [0.4, 0.5) is 0 Å². The average Bonchev–Trinajstić information content (AvgIpc) is 2.31. The summed E-state index contributed by atoms with van der Waals surface area (Å²) in [6, 6.07) is 10.6. The van der Waals surface area contributed by atoms with Crippen molar-refractivity contribution in [1.29, 1.82) is 0 Å². The summed E-state index contributed by atoms with van der Waals surface area (Å²) >= 11 is 0. The number of aliphatic hydroxyl groups excluding tert-OH is 1. The van der Waals surface area contributed by atoms with E-state index in [2.05, 4.69) is 44.2 Å². The van der Waals surface area contributed by atoms with Gasteiger partial charge in [-0.25, -0.2) is 0 Å². The molecule has 0 saturated heterocycles. The van der Waals surface area contributed by atoms with Gasteiger partial charge in [0, 0.05) is 5.41 Å². The third kappa shape index (κ3) is 2.13. The minimum absolute atomic E-state index is 0.0535. The highest BCUT2D eigenvalue weighted by Gasteiger charge is 2.46. The van der Waals surface area contributed by atoms with Gasteiger partial charge < -0.3 is 5.11 Å². The smallest absolute Gasteiger partial charge is 0.0664 e. The van der Waals surface area contributed by atoms with Crippen molar-refractivity contribution in [2.45, 2.75) is 57.5 Å². The predicted molar refractivity (Wildman–Crippen MR) is 72.0 cm³/mol. The summed E-state index contributed by atoms with van der Waals surface area (Å²) in [5.41, 5.74) is 1.39. The monoisotopic (exact) mass is 232 g/mol. The quantitative estimate of drug-likeness (QED) is 0.816. The van der Waals surface area contributed by atoms with Crippen LogP contribution in [-0.4, -0.2) is 11.2 Å². The molecule has 0 bridgehead atoms. The molecular weight excluding hydrogens is 208 g/mol. The molecule has 1 aliphatic carbocycles. The third-order valence-electron chi connectivity index (χ3n) is 4.66. The van der Waals surface area contributed by atoms with E-state index in [0.29, 0.717) is 5.92 Å². The molecule has 1 nitrogen and oxygen atoms in total. The zero-order valence-corrected chi connectivity index (χ0v) is 11.0. The fraction of sp³-hybridized carbons (Fsp3) is 0.625. The summed E-state index contributed by atoms with van der Waals surface area (Å²) < 4.78 is 0. The molecule has 2 rings (SSSR count). The largest absolute Gasteiger partial charge is 0.392 e. The summed E-state index contributed by atoms with van der Waals surface area (Å²) in [6.07, 6.45) is 5.53. The lowest BCUT2D eigenvalue weighted by molar-refractivity contribution is -0.0166. The van der Waals surface area contributed by atoms with E-state index in [1.165, 1.54) is 12.0 Å². The van der Waals surface area contributed by atoms with E-state index >= 15 is 0 Å². The molecule has 1 unspecified atom stereocenters. The Morgan fingerprint density at radius 2 is 1.71 bits per heavy atom. The first-order valence-electron chi connectivity index (χ1n) is 6.98. The first-order valence-corrected chi connectivity index (χ1v) is 6.98. The lowest BCUT2D eigenvalue weighted by atomic mass is 9.58. The van der Waals surface area contributed by atoms with E-state index in [1.807, 2.05) is 0 Å². The summed E-state index contributed by atoms with van der Waals surface area (Å²) in [4.78, 5) is 0. The van der Waals surface area contributed by atoms with Crippen molar-refractivity contribution < 1.29 is 5.11 Å². The standard InChI is InChI=1S/C16H24O/c1-3-13(4-2)15(17)16(11-8-12-16)14-9-6-5-7-10-14/h5-7,9-10,13,15,17H,3-4,8,11-12H2,1-2H3. The zero-order chi connectivity index (χ0) is 12.3. The fourth-order valence-corrected chi connectivity index (χ4v) is 3.27. The number of hydrogen-bond donors (Lipinski definition) is 1. The molecule has 1 aromatic carbocycles. The zero-order valence-electron chi connectivity index (χ0n) is 11.0. The molecule has 1 aliphatic rings. The Morgan fingerprint density at radius 1 is 1.12 bits per heavy atom. The van der Waals surface area contributed by atoms with E-state index < -0.39 is 0 Å². The summed E-state index contributed by atoms with van der Waals surface area (Å²) in [5.74, 6) is 0.440. The molecule has 0 amide bonds. The second-order valence-electron chi connectivity index (χ2n) is 5.40. The molecule has 94 valence electrons. The SMILES string of the molecule is CCC(CC)C(O)C1(c2ccccc2)CCC1. The minimum Gasteiger partial charge on any atom is -0.392 e. The van der Waals surface area contributed by atoms with Crippen LogP contribution in [0, 0.1) is 5.92 Å². The summed E-state index contributed by atoms with van der Waals surface area (Å²) in [6.45, 7) is 4.38. The van der Waals surface area contributed by atoms with Crippen LogP contribution in [0.15, 0.2) is 30.3 Å². The second kappa shape index (κ2) is 5.22. The number of benzene rings is 1. The molecular formula is C16H24O. The second-order valence-corrected chi connectivity index (χ2v) is 5.40. The van der Waals surface area contributed by atoms with Gasteiger partial charge in [-0.15, -0.1) is 0 Å². The van der Waals surface area contributed by atoms with Crippen molar-refractivity contribution in [3.63, 3.8) is 0 Å². The van der Waals surface area contributed by atoms with Gasteiger partial charge in [-0.1, -0.05) is 63.4 Å². The molecule has 17 heavy (non-hydrogen) atoms. The molecule has 0 aromatic heterocycles. The third-order valence-corrected chi connectivity index (χ3v) is 4.66. The van der Waals surface area contributed by atoms with Gasteiger partial charge in [0.05, 0.1) is 6.10 Å². The van der Waals surface area contributed by atoms with Crippen molar-refractivity contribution in [3.8, 4) is 0 Å².